The molecule has 0 aliphatic carbocycles. The van der Waals surface area contributed by atoms with Gasteiger partial charge in [0.2, 0.25) is 5.91 Å². The van der Waals surface area contributed by atoms with Gasteiger partial charge in [0.25, 0.3) is 0 Å². The lowest BCUT2D eigenvalue weighted by Gasteiger charge is -2.08. The lowest BCUT2D eigenvalue weighted by atomic mass is 10.2. The zero-order valence-electron chi connectivity index (χ0n) is 8.03. The van der Waals surface area contributed by atoms with Gasteiger partial charge in [-0.1, -0.05) is 13.0 Å². The van der Waals surface area contributed by atoms with Crippen molar-refractivity contribution >= 4 is 29.0 Å². The molecule has 0 aliphatic rings. The molecule has 3 N–H and O–H groups in total. The molecule has 0 aliphatic heterocycles. The summed E-state index contributed by atoms with van der Waals surface area (Å²) in [5, 5.41) is 2.51. The number of hydrazine groups is 1. The van der Waals surface area contributed by atoms with Crippen LogP contribution in [0.4, 0.5) is 0 Å². The van der Waals surface area contributed by atoms with E-state index in [1.54, 1.807) is 23.1 Å². The molecule has 1 rings (SSSR count). The molecule has 78 valence electrons. The maximum absolute atomic E-state index is 10.9. The van der Waals surface area contributed by atoms with Gasteiger partial charge in [0.15, 0.2) is 0 Å². The zero-order chi connectivity index (χ0) is 10.4. The lowest BCUT2D eigenvalue weighted by molar-refractivity contribution is -0.121. The van der Waals surface area contributed by atoms with E-state index in [1.165, 1.54) is 4.21 Å². The average Bonchev–Trinajstić information content (AvgIpc) is 2.66. The smallest absolute Gasteiger partial charge is 0.233 e. The van der Waals surface area contributed by atoms with Crippen LogP contribution in [0.5, 0.6) is 0 Å². The number of hydrogen-bond donors (Lipinski definition) is 2. The van der Waals surface area contributed by atoms with Crippen molar-refractivity contribution in [1.82, 2.24) is 5.43 Å². The Hall–Kier alpha value is -0.520. The Balaban J connectivity index is 2.22. The fourth-order valence-corrected chi connectivity index (χ4v) is 3.11. The zero-order valence-corrected chi connectivity index (χ0v) is 9.66. The molecule has 14 heavy (non-hydrogen) atoms. The first-order valence-electron chi connectivity index (χ1n) is 4.42. The predicted molar refractivity (Wildman–Crippen MR) is 61.2 cm³/mol. The summed E-state index contributed by atoms with van der Waals surface area (Å²) >= 11 is 3.53. The van der Waals surface area contributed by atoms with Crippen molar-refractivity contribution < 1.29 is 4.79 Å². The van der Waals surface area contributed by atoms with Crippen molar-refractivity contribution in [3.05, 3.63) is 17.5 Å². The second-order valence-corrected chi connectivity index (χ2v) is 5.65. The average molecular weight is 230 g/mol. The minimum absolute atomic E-state index is 0.0939. The second-order valence-electron chi connectivity index (χ2n) is 2.97. The van der Waals surface area contributed by atoms with E-state index < -0.39 is 0 Å². The largest absolute Gasteiger partial charge is 0.294 e. The SMILES string of the molecule is CC(CCC(=O)NN)Sc1cccs1. The molecule has 1 amide bonds. The highest BCUT2D eigenvalue weighted by Crippen LogP contribution is 2.29. The third-order valence-corrected chi connectivity index (χ3v) is 4.00. The fraction of sp³-hybridized carbons (Fsp3) is 0.444. The van der Waals surface area contributed by atoms with Gasteiger partial charge in [-0.15, -0.1) is 23.1 Å². The number of nitrogens with two attached hydrogens (primary N) is 1. The number of carbonyl (C=O) groups is 1. The molecule has 1 aromatic heterocycles. The molecule has 0 radical (unpaired) electrons. The number of thioether (sulfide) groups is 1. The molecule has 0 saturated carbocycles. The van der Waals surface area contributed by atoms with Crippen molar-refractivity contribution in [3.63, 3.8) is 0 Å². The van der Waals surface area contributed by atoms with Crippen LogP contribution in [0.3, 0.4) is 0 Å². The third kappa shape index (κ3) is 4.13. The first-order valence-corrected chi connectivity index (χ1v) is 6.18. The summed E-state index contributed by atoms with van der Waals surface area (Å²) in [6, 6.07) is 4.13. The molecular weight excluding hydrogens is 216 g/mol. The van der Waals surface area contributed by atoms with Crippen LogP contribution in [0, 0.1) is 0 Å². The fourth-order valence-electron chi connectivity index (χ4n) is 0.994. The molecule has 0 bridgehead atoms. The van der Waals surface area contributed by atoms with Crippen molar-refractivity contribution in [2.24, 2.45) is 5.84 Å². The Morgan fingerprint density at radius 3 is 3.14 bits per heavy atom. The van der Waals surface area contributed by atoms with E-state index in [9.17, 15) is 4.79 Å². The van der Waals surface area contributed by atoms with Crippen LogP contribution < -0.4 is 11.3 Å². The molecule has 3 nitrogen and oxygen atoms in total. The Morgan fingerprint density at radius 1 is 1.79 bits per heavy atom. The van der Waals surface area contributed by atoms with Crippen LogP contribution in [-0.2, 0) is 4.79 Å². The van der Waals surface area contributed by atoms with Crippen LogP contribution >= 0.6 is 23.1 Å². The molecule has 1 atom stereocenters. The van der Waals surface area contributed by atoms with Crippen molar-refractivity contribution in [2.75, 3.05) is 0 Å². The summed E-state index contributed by atoms with van der Waals surface area (Å²) in [5.74, 6) is 4.90. The van der Waals surface area contributed by atoms with Gasteiger partial charge in [-0.2, -0.15) is 0 Å². The van der Waals surface area contributed by atoms with Gasteiger partial charge >= 0.3 is 0 Å². The number of nitrogens with one attached hydrogen (secondary N) is 1. The van der Waals surface area contributed by atoms with Gasteiger partial charge in [0.1, 0.15) is 0 Å². The molecule has 0 saturated heterocycles. The molecule has 0 aromatic carbocycles. The maximum atomic E-state index is 10.9. The van der Waals surface area contributed by atoms with Crippen molar-refractivity contribution in [3.8, 4) is 0 Å². The van der Waals surface area contributed by atoms with Crippen LogP contribution in [0.1, 0.15) is 19.8 Å². The highest BCUT2D eigenvalue weighted by Gasteiger charge is 2.07. The van der Waals surface area contributed by atoms with Crippen molar-refractivity contribution in [2.45, 2.75) is 29.2 Å². The first-order chi connectivity index (χ1) is 6.72. The van der Waals surface area contributed by atoms with E-state index >= 15 is 0 Å². The van der Waals surface area contributed by atoms with E-state index in [2.05, 4.69) is 23.8 Å². The molecule has 5 heteroatoms. The van der Waals surface area contributed by atoms with Gasteiger partial charge in [-0.3, -0.25) is 10.2 Å². The number of rotatable bonds is 5. The third-order valence-electron chi connectivity index (χ3n) is 1.75. The highest BCUT2D eigenvalue weighted by atomic mass is 32.2. The summed E-state index contributed by atoms with van der Waals surface area (Å²) in [6.07, 6.45) is 1.35. The van der Waals surface area contributed by atoms with Gasteiger partial charge in [0, 0.05) is 11.7 Å². The van der Waals surface area contributed by atoms with Gasteiger partial charge in [0.05, 0.1) is 4.21 Å². The van der Waals surface area contributed by atoms with Crippen LogP contribution in [-0.4, -0.2) is 11.2 Å². The van der Waals surface area contributed by atoms with E-state index in [4.69, 9.17) is 5.84 Å². The van der Waals surface area contributed by atoms with Crippen LogP contribution in [0.25, 0.3) is 0 Å². The Kier molecular flexibility index (Phi) is 5.00. The van der Waals surface area contributed by atoms with Gasteiger partial charge in [-0.25, -0.2) is 5.84 Å². The standard InChI is InChI=1S/C9H14N2OS2/c1-7(4-5-8(12)11-10)14-9-3-2-6-13-9/h2-3,6-7H,4-5,10H2,1H3,(H,11,12). The first kappa shape index (κ1) is 11.6. The lowest BCUT2D eigenvalue weighted by Crippen LogP contribution is -2.30. The topological polar surface area (TPSA) is 55.1 Å². The van der Waals surface area contributed by atoms with Crippen LogP contribution in [0.15, 0.2) is 21.7 Å². The Morgan fingerprint density at radius 2 is 2.57 bits per heavy atom. The summed E-state index contributed by atoms with van der Waals surface area (Å²) in [7, 11) is 0. The summed E-state index contributed by atoms with van der Waals surface area (Å²) < 4.78 is 1.30. The number of hydrogen-bond acceptors (Lipinski definition) is 4. The van der Waals surface area contributed by atoms with E-state index in [1.807, 2.05) is 6.07 Å². The number of carbonyl (C=O) groups excluding carboxylic acids is 1. The summed E-state index contributed by atoms with van der Waals surface area (Å²) in [5.41, 5.74) is 2.13. The van der Waals surface area contributed by atoms with Crippen molar-refractivity contribution in [1.29, 1.82) is 0 Å². The molecule has 1 heterocycles. The quantitative estimate of drug-likeness (QED) is 0.352. The van der Waals surface area contributed by atoms with E-state index in [-0.39, 0.29) is 5.91 Å². The molecule has 1 aromatic rings. The molecular formula is C9H14N2OS2. The number of amides is 1. The van der Waals surface area contributed by atoms with E-state index in [0.717, 1.165) is 6.42 Å². The Labute approximate surface area is 92.0 Å². The summed E-state index contributed by atoms with van der Waals surface area (Å²) in [6.45, 7) is 2.12. The van der Waals surface area contributed by atoms with Crippen LogP contribution in [0.2, 0.25) is 0 Å². The highest BCUT2D eigenvalue weighted by molar-refractivity contribution is 8.01. The Bertz CT molecular complexity index is 274. The van der Waals surface area contributed by atoms with Gasteiger partial charge in [-0.05, 0) is 17.9 Å². The monoisotopic (exact) mass is 230 g/mol. The minimum atomic E-state index is -0.0939. The van der Waals surface area contributed by atoms with E-state index in [0.29, 0.717) is 11.7 Å². The second kappa shape index (κ2) is 6.06. The normalized spacial score (nSPS) is 12.4. The molecule has 0 spiro atoms. The predicted octanol–water partition coefficient (Wildman–Crippen LogP) is 2.00. The minimum Gasteiger partial charge on any atom is -0.294 e. The maximum Gasteiger partial charge on any atom is 0.233 e. The van der Waals surface area contributed by atoms with Gasteiger partial charge < -0.3 is 0 Å². The molecule has 0 fully saturated rings. The summed E-state index contributed by atoms with van der Waals surface area (Å²) in [4.78, 5) is 10.9. The molecule has 1 unspecified atom stereocenters. The number of thiophene rings is 1.